The van der Waals surface area contributed by atoms with Gasteiger partial charge >= 0.3 is 5.97 Å². The molecule has 2 amide bonds. The first kappa shape index (κ1) is 18.5. The second kappa shape index (κ2) is 8.41. The van der Waals surface area contributed by atoms with Gasteiger partial charge in [0.15, 0.2) is 6.61 Å². The predicted molar refractivity (Wildman–Crippen MR) is 98.6 cm³/mol. The Kier molecular flexibility index (Phi) is 6.00. The molecule has 2 aromatic heterocycles. The molecule has 0 aliphatic carbocycles. The number of nitrogens with zero attached hydrogens (tertiary/aromatic N) is 2. The van der Waals surface area contributed by atoms with E-state index in [0.29, 0.717) is 18.7 Å². The molecule has 7 nitrogen and oxygen atoms in total. The van der Waals surface area contributed by atoms with E-state index >= 15 is 0 Å². The zero-order chi connectivity index (χ0) is 18.5. The van der Waals surface area contributed by atoms with E-state index in [1.165, 1.54) is 16.2 Å². The van der Waals surface area contributed by atoms with Crippen molar-refractivity contribution in [1.29, 1.82) is 0 Å². The van der Waals surface area contributed by atoms with Gasteiger partial charge in [0.25, 0.3) is 5.91 Å². The number of rotatable bonds is 6. The van der Waals surface area contributed by atoms with E-state index in [0.717, 1.165) is 23.4 Å². The number of piperidine rings is 1. The Morgan fingerprint density at radius 3 is 2.88 bits per heavy atom. The van der Waals surface area contributed by atoms with Crippen LogP contribution in [-0.2, 0) is 25.5 Å². The Labute approximate surface area is 158 Å². The summed E-state index contributed by atoms with van der Waals surface area (Å²) in [7, 11) is 0. The molecule has 1 aliphatic heterocycles. The third kappa shape index (κ3) is 4.47. The van der Waals surface area contributed by atoms with Crippen molar-refractivity contribution < 1.29 is 19.1 Å². The van der Waals surface area contributed by atoms with Gasteiger partial charge in [0.2, 0.25) is 5.91 Å². The molecule has 3 heterocycles. The second-order valence-electron chi connectivity index (χ2n) is 5.99. The number of aromatic nitrogens is 1. The van der Waals surface area contributed by atoms with E-state index in [2.05, 4.69) is 4.98 Å². The lowest BCUT2D eigenvalue weighted by Gasteiger charge is -2.33. The molecule has 2 aromatic rings. The van der Waals surface area contributed by atoms with E-state index in [4.69, 9.17) is 10.5 Å². The molecule has 0 radical (unpaired) electrons. The fraction of sp³-hybridized carbons (Fsp3) is 0.412. The Balaban J connectivity index is 1.50. The van der Waals surface area contributed by atoms with Crippen LogP contribution in [0.25, 0.3) is 10.6 Å². The maximum absolute atomic E-state index is 12.3. The Bertz CT molecular complexity index is 788. The molecule has 0 unspecified atom stereocenters. The Hall–Kier alpha value is -2.26. The fourth-order valence-electron chi connectivity index (χ4n) is 2.86. The molecular weight excluding hydrogens is 374 g/mol. The van der Waals surface area contributed by atoms with Crippen LogP contribution >= 0.6 is 22.7 Å². The van der Waals surface area contributed by atoms with Gasteiger partial charge < -0.3 is 15.4 Å². The van der Waals surface area contributed by atoms with Crippen LogP contribution in [0.3, 0.4) is 0 Å². The van der Waals surface area contributed by atoms with E-state index in [1.807, 2.05) is 22.2 Å². The van der Waals surface area contributed by atoms with Crippen LogP contribution in [0, 0.1) is 0 Å². The number of ether oxygens (including phenoxy) is 1. The Morgan fingerprint density at radius 1 is 1.31 bits per heavy atom. The van der Waals surface area contributed by atoms with Crippen molar-refractivity contribution in [2.75, 3.05) is 13.2 Å². The number of carbonyl (C=O) groups excluding carboxylic acids is 3. The quantitative estimate of drug-likeness (QED) is 0.754. The van der Waals surface area contributed by atoms with Crippen LogP contribution in [0.15, 0.2) is 22.2 Å². The zero-order valence-electron chi connectivity index (χ0n) is 14.1. The zero-order valence-corrected chi connectivity index (χ0v) is 15.7. The largest absolute Gasteiger partial charge is 0.455 e. The van der Waals surface area contributed by atoms with Crippen LogP contribution in [0.5, 0.6) is 0 Å². The van der Waals surface area contributed by atoms with Crippen LogP contribution < -0.4 is 5.73 Å². The minimum atomic E-state index is -0.610. The fourth-order valence-corrected chi connectivity index (χ4v) is 4.39. The summed E-state index contributed by atoms with van der Waals surface area (Å²) >= 11 is 3.05. The maximum atomic E-state index is 12.3. The average molecular weight is 393 g/mol. The first-order valence-electron chi connectivity index (χ1n) is 8.26. The molecule has 0 spiro atoms. The smallest absolute Gasteiger partial charge is 0.312 e. The van der Waals surface area contributed by atoms with Crippen LogP contribution in [-0.4, -0.2) is 46.9 Å². The number of thiophene rings is 1. The third-order valence-electron chi connectivity index (χ3n) is 4.15. The molecule has 138 valence electrons. The number of nitrogens with two attached hydrogens (primary N) is 1. The van der Waals surface area contributed by atoms with Gasteiger partial charge in [0, 0.05) is 22.9 Å². The van der Waals surface area contributed by atoms with Gasteiger partial charge in [0.1, 0.15) is 11.0 Å². The highest BCUT2D eigenvalue weighted by Gasteiger charge is 2.31. The summed E-state index contributed by atoms with van der Waals surface area (Å²) in [4.78, 5) is 41.5. The molecule has 2 N–H and O–H groups in total. The number of primary amides is 1. The second-order valence-corrected chi connectivity index (χ2v) is 7.63. The van der Waals surface area contributed by atoms with E-state index in [-0.39, 0.29) is 18.9 Å². The minimum Gasteiger partial charge on any atom is -0.455 e. The topological polar surface area (TPSA) is 103 Å². The summed E-state index contributed by atoms with van der Waals surface area (Å²) in [5.74, 6) is -1.43. The molecule has 0 bridgehead atoms. The standard InChI is InChI=1S/C17H19N3O4S2/c18-16(23)13-3-1-2-5-20(13)14(21)8-24-15(22)7-12-10-26-17(19-12)11-4-6-25-9-11/h4,6,9-10,13H,1-3,5,7-8H2,(H2,18,23)/t13-/m1/s1. The lowest BCUT2D eigenvalue weighted by atomic mass is 10.0. The van der Waals surface area contributed by atoms with Crippen LogP contribution in [0.4, 0.5) is 0 Å². The van der Waals surface area contributed by atoms with Gasteiger partial charge in [-0.1, -0.05) is 0 Å². The summed E-state index contributed by atoms with van der Waals surface area (Å²) < 4.78 is 5.07. The summed E-state index contributed by atoms with van der Waals surface area (Å²) in [6.45, 7) is 0.0736. The van der Waals surface area contributed by atoms with Crippen molar-refractivity contribution in [3.8, 4) is 10.6 Å². The monoisotopic (exact) mass is 393 g/mol. The summed E-state index contributed by atoms with van der Waals surface area (Å²) in [6, 6.07) is 1.36. The summed E-state index contributed by atoms with van der Waals surface area (Å²) in [6.07, 6.45) is 2.23. The van der Waals surface area contributed by atoms with Gasteiger partial charge in [0.05, 0.1) is 12.1 Å². The molecule has 0 aromatic carbocycles. The van der Waals surface area contributed by atoms with Gasteiger partial charge in [-0.2, -0.15) is 11.3 Å². The molecule has 3 rings (SSSR count). The molecule has 26 heavy (non-hydrogen) atoms. The van der Waals surface area contributed by atoms with Crippen molar-refractivity contribution >= 4 is 40.5 Å². The third-order valence-corrected chi connectivity index (χ3v) is 5.78. The van der Waals surface area contributed by atoms with Gasteiger partial charge in [-0.15, -0.1) is 11.3 Å². The highest BCUT2D eigenvalue weighted by Crippen LogP contribution is 2.26. The highest BCUT2D eigenvalue weighted by atomic mass is 32.1. The first-order chi connectivity index (χ1) is 12.5. The molecule has 1 saturated heterocycles. The molecule has 9 heteroatoms. The molecule has 0 saturated carbocycles. The highest BCUT2D eigenvalue weighted by molar-refractivity contribution is 7.14. The van der Waals surface area contributed by atoms with Crippen LogP contribution in [0.2, 0.25) is 0 Å². The van der Waals surface area contributed by atoms with E-state index in [9.17, 15) is 14.4 Å². The van der Waals surface area contributed by atoms with Crippen molar-refractivity contribution in [1.82, 2.24) is 9.88 Å². The summed E-state index contributed by atoms with van der Waals surface area (Å²) in [5.41, 5.74) is 6.99. The first-order valence-corrected chi connectivity index (χ1v) is 10.1. The number of hydrogen-bond acceptors (Lipinski definition) is 7. The van der Waals surface area contributed by atoms with E-state index < -0.39 is 17.9 Å². The summed E-state index contributed by atoms with van der Waals surface area (Å²) in [5, 5.41) is 6.62. The normalized spacial score (nSPS) is 17.1. The SMILES string of the molecule is NC(=O)[C@H]1CCCCN1C(=O)COC(=O)Cc1csc(-c2ccsc2)n1. The number of hydrogen-bond donors (Lipinski definition) is 1. The number of thiazole rings is 1. The lowest BCUT2D eigenvalue weighted by Crippen LogP contribution is -2.51. The Morgan fingerprint density at radius 2 is 2.15 bits per heavy atom. The maximum Gasteiger partial charge on any atom is 0.312 e. The average Bonchev–Trinajstić information content (AvgIpc) is 3.31. The predicted octanol–water partition coefficient (Wildman–Crippen LogP) is 1.82. The van der Waals surface area contributed by atoms with Gasteiger partial charge in [-0.25, -0.2) is 4.98 Å². The molecule has 1 aliphatic rings. The van der Waals surface area contributed by atoms with Gasteiger partial charge in [-0.05, 0) is 30.7 Å². The molecular formula is C17H19N3O4S2. The number of amides is 2. The molecule has 1 fully saturated rings. The van der Waals surface area contributed by atoms with Crippen molar-refractivity contribution in [3.63, 3.8) is 0 Å². The number of esters is 1. The van der Waals surface area contributed by atoms with Crippen molar-refractivity contribution in [2.24, 2.45) is 5.73 Å². The van der Waals surface area contributed by atoms with Crippen molar-refractivity contribution in [3.05, 3.63) is 27.9 Å². The van der Waals surface area contributed by atoms with Crippen molar-refractivity contribution in [2.45, 2.75) is 31.7 Å². The number of carbonyl (C=O) groups is 3. The van der Waals surface area contributed by atoms with Crippen LogP contribution in [0.1, 0.15) is 25.0 Å². The van der Waals surface area contributed by atoms with E-state index in [1.54, 1.807) is 11.3 Å². The minimum absolute atomic E-state index is 0.00711. The molecule has 1 atom stereocenters. The lowest BCUT2D eigenvalue weighted by molar-refractivity contribution is -0.154. The van der Waals surface area contributed by atoms with Gasteiger partial charge in [-0.3, -0.25) is 14.4 Å². The number of likely N-dealkylation sites (tertiary alicyclic amines) is 1.